The predicted molar refractivity (Wildman–Crippen MR) is 98.1 cm³/mol. The molecule has 2 aliphatic heterocycles. The molecule has 0 bridgehead atoms. The quantitative estimate of drug-likeness (QED) is 0.576. The van der Waals surface area contributed by atoms with Crippen LogP contribution >= 0.6 is 0 Å². The third-order valence-corrected chi connectivity index (χ3v) is 4.60. The van der Waals surface area contributed by atoms with Crippen LogP contribution in [-0.2, 0) is 4.79 Å². The molecule has 1 amide bonds. The molecule has 6 heteroatoms. The zero-order valence-electron chi connectivity index (χ0n) is 14.3. The number of aromatic amines is 1. The van der Waals surface area contributed by atoms with Crippen LogP contribution in [0.5, 0.6) is 5.75 Å². The lowest BCUT2D eigenvalue weighted by atomic mass is 9.98. The molecule has 0 saturated carbocycles. The lowest BCUT2D eigenvalue weighted by Gasteiger charge is -2.05. The molecule has 4 rings (SSSR count). The largest absolute Gasteiger partial charge is 0.495 e. The average Bonchev–Trinajstić information content (AvgIpc) is 3.36. The number of hydrogen-bond acceptors (Lipinski definition) is 3. The highest BCUT2D eigenvalue weighted by Crippen LogP contribution is 2.37. The molecular formula is C20H18FN3O2. The van der Waals surface area contributed by atoms with E-state index in [0.29, 0.717) is 28.3 Å². The smallest absolute Gasteiger partial charge is 0.256 e. The molecule has 1 saturated heterocycles. The van der Waals surface area contributed by atoms with Crippen molar-refractivity contribution in [2.24, 2.45) is 0 Å². The molecule has 132 valence electrons. The van der Waals surface area contributed by atoms with E-state index in [1.165, 1.54) is 6.07 Å². The standard InChI is InChI=1S/C20H18FN3O2/c1-26-18-8-10-23-17(18)11-14-19-13(5-4-12-3-2-9-22-12)15(21)6-7-16(19)24-20(14)25/h6-8,10-12,22-23H,2-3,9H2,1H3,(H,24,25). The Bertz CT molecular complexity index is 959. The normalized spacial score (nSPS) is 19.8. The molecule has 0 spiro atoms. The van der Waals surface area contributed by atoms with Crippen molar-refractivity contribution in [2.45, 2.75) is 18.9 Å². The number of halogens is 1. The Morgan fingerprint density at radius 2 is 2.23 bits per heavy atom. The Balaban J connectivity index is 1.82. The van der Waals surface area contributed by atoms with Crippen molar-refractivity contribution in [3.63, 3.8) is 0 Å². The predicted octanol–water partition coefficient (Wildman–Crippen LogP) is 2.76. The van der Waals surface area contributed by atoms with Gasteiger partial charge in [0.05, 0.1) is 35.7 Å². The van der Waals surface area contributed by atoms with Gasteiger partial charge in [-0.3, -0.25) is 4.79 Å². The Hall–Kier alpha value is -3.04. The van der Waals surface area contributed by atoms with Crippen LogP contribution in [-0.4, -0.2) is 30.6 Å². The maximum atomic E-state index is 14.5. The fraction of sp³-hybridized carbons (Fsp3) is 0.250. The van der Waals surface area contributed by atoms with Crippen LogP contribution in [0.2, 0.25) is 0 Å². The summed E-state index contributed by atoms with van der Waals surface area (Å²) < 4.78 is 19.8. The number of carbonyl (C=O) groups is 1. The first-order valence-electron chi connectivity index (χ1n) is 8.49. The van der Waals surface area contributed by atoms with Gasteiger partial charge in [0.2, 0.25) is 0 Å². The molecule has 5 nitrogen and oxygen atoms in total. The van der Waals surface area contributed by atoms with E-state index in [9.17, 15) is 9.18 Å². The first-order valence-corrected chi connectivity index (χ1v) is 8.49. The van der Waals surface area contributed by atoms with Gasteiger partial charge < -0.3 is 20.4 Å². The molecule has 2 aliphatic rings. The number of rotatable bonds is 2. The van der Waals surface area contributed by atoms with Gasteiger partial charge in [-0.15, -0.1) is 0 Å². The minimum absolute atomic E-state index is 0.0613. The number of nitrogens with one attached hydrogen (secondary N) is 3. The van der Waals surface area contributed by atoms with Crippen LogP contribution in [0.3, 0.4) is 0 Å². The van der Waals surface area contributed by atoms with Gasteiger partial charge in [-0.1, -0.05) is 11.8 Å². The van der Waals surface area contributed by atoms with Crippen LogP contribution < -0.4 is 15.4 Å². The minimum atomic E-state index is -0.435. The summed E-state index contributed by atoms with van der Waals surface area (Å²) in [6.07, 6.45) is 5.39. The van der Waals surface area contributed by atoms with E-state index >= 15 is 0 Å². The zero-order chi connectivity index (χ0) is 18.1. The van der Waals surface area contributed by atoms with Crippen molar-refractivity contribution in [1.82, 2.24) is 10.3 Å². The summed E-state index contributed by atoms with van der Waals surface area (Å²) >= 11 is 0. The molecule has 0 radical (unpaired) electrons. The van der Waals surface area contributed by atoms with Crippen LogP contribution in [0.25, 0.3) is 11.6 Å². The molecule has 1 unspecified atom stereocenters. The van der Waals surface area contributed by atoms with Gasteiger partial charge in [-0.05, 0) is 43.7 Å². The average molecular weight is 351 g/mol. The number of H-pyrrole nitrogens is 1. The third kappa shape index (κ3) is 2.87. The number of anilines is 1. The molecular weight excluding hydrogens is 333 g/mol. The SMILES string of the molecule is COc1cc[nH]c1C=C1C(=O)Nc2ccc(F)c(C#CC3CCCN3)c21. The van der Waals surface area contributed by atoms with Crippen LogP contribution in [0.15, 0.2) is 24.4 Å². The summed E-state index contributed by atoms with van der Waals surface area (Å²) in [7, 11) is 1.55. The summed E-state index contributed by atoms with van der Waals surface area (Å²) in [6, 6.07) is 4.72. The monoisotopic (exact) mass is 351 g/mol. The zero-order valence-corrected chi connectivity index (χ0v) is 14.3. The summed E-state index contributed by atoms with van der Waals surface area (Å²) in [5.74, 6) is 5.92. The molecule has 2 aromatic rings. The lowest BCUT2D eigenvalue weighted by Crippen LogP contribution is -2.18. The molecule has 1 aromatic carbocycles. The highest BCUT2D eigenvalue weighted by atomic mass is 19.1. The lowest BCUT2D eigenvalue weighted by molar-refractivity contribution is -0.110. The Labute approximate surface area is 150 Å². The van der Waals surface area contributed by atoms with E-state index in [-0.39, 0.29) is 17.5 Å². The molecule has 0 aliphatic carbocycles. The van der Waals surface area contributed by atoms with Crippen molar-refractivity contribution in [3.8, 4) is 17.6 Å². The highest BCUT2D eigenvalue weighted by Gasteiger charge is 2.29. The number of amides is 1. The van der Waals surface area contributed by atoms with Crippen molar-refractivity contribution in [1.29, 1.82) is 0 Å². The van der Waals surface area contributed by atoms with E-state index in [2.05, 4.69) is 27.5 Å². The van der Waals surface area contributed by atoms with Gasteiger partial charge in [-0.2, -0.15) is 0 Å². The number of carbonyl (C=O) groups excluding carboxylic acids is 1. The maximum absolute atomic E-state index is 14.5. The van der Waals surface area contributed by atoms with Crippen molar-refractivity contribution in [3.05, 3.63) is 47.0 Å². The highest BCUT2D eigenvalue weighted by molar-refractivity contribution is 6.35. The molecule has 1 fully saturated rings. The van der Waals surface area contributed by atoms with E-state index in [1.807, 2.05) is 0 Å². The van der Waals surface area contributed by atoms with Crippen LogP contribution in [0, 0.1) is 17.7 Å². The summed E-state index contributed by atoms with van der Waals surface area (Å²) in [6.45, 7) is 0.923. The molecule has 26 heavy (non-hydrogen) atoms. The van der Waals surface area contributed by atoms with Gasteiger partial charge in [0.15, 0.2) is 0 Å². The summed E-state index contributed by atoms with van der Waals surface area (Å²) in [4.78, 5) is 15.5. The fourth-order valence-electron chi connectivity index (χ4n) is 3.29. The van der Waals surface area contributed by atoms with Crippen molar-refractivity contribution < 1.29 is 13.9 Å². The molecule has 1 atom stereocenters. The first kappa shape index (κ1) is 16.4. The van der Waals surface area contributed by atoms with Gasteiger partial charge in [0.1, 0.15) is 11.6 Å². The van der Waals surface area contributed by atoms with E-state index in [1.54, 1.807) is 31.5 Å². The van der Waals surface area contributed by atoms with Gasteiger partial charge in [-0.25, -0.2) is 4.39 Å². The van der Waals surface area contributed by atoms with Crippen molar-refractivity contribution >= 4 is 23.2 Å². The maximum Gasteiger partial charge on any atom is 0.256 e. The minimum Gasteiger partial charge on any atom is -0.495 e. The number of methoxy groups -OCH3 is 1. The first-order chi connectivity index (χ1) is 12.7. The number of ether oxygens (including phenoxy) is 1. The number of aromatic nitrogens is 1. The van der Waals surface area contributed by atoms with Gasteiger partial charge in [0.25, 0.3) is 5.91 Å². The topological polar surface area (TPSA) is 66.2 Å². The second-order valence-electron chi connectivity index (χ2n) is 6.24. The number of benzene rings is 1. The van der Waals surface area contributed by atoms with E-state index in [0.717, 1.165) is 19.4 Å². The summed E-state index contributed by atoms with van der Waals surface area (Å²) in [5.41, 5.74) is 2.32. The molecule has 3 heterocycles. The third-order valence-electron chi connectivity index (χ3n) is 4.60. The van der Waals surface area contributed by atoms with E-state index in [4.69, 9.17) is 4.74 Å². The van der Waals surface area contributed by atoms with Crippen molar-refractivity contribution in [2.75, 3.05) is 19.0 Å². The number of fused-ring (bicyclic) bond motifs is 1. The van der Waals surface area contributed by atoms with Gasteiger partial charge in [0, 0.05) is 11.8 Å². The second-order valence-corrected chi connectivity index (χ2v) is 6.24. The van der Waals surface area contributed by atoms with Gasteiger partial charge >= 0.3 is 0 Å². The summed E-state index contributed by atoms with van der Waals surface area (Å²) in [5, 5.41) is 6.05. The molecule has 3 N–H and O–H groups in total. The fourth-order valence-corrected chi connectivity index (χ4v) is 3.29. The Morgan fingerprint density at radius 1 is 1.35 bits per heavy atom. The van der Waals surface area contributed by atoms with Crippen LogP contribution in [0.4, 0.5) is 10.1 Å². The molecule has 1 aromatic heterocycles. The Morgan fingerprint density at radius 3 is 3.00 bits per heavy atom. The number of hydrogen-bond donors (Lipinski definition) is 3. The Kier molecular flexibility index (Phi) is 4.23. The second kappa shape index (κ2) is 6.70. The van der Waals surface area contributed by atoms with Crippen LogP contribution in [0.1, 0.15) is 29.7 Å². The van der Waals surface area contributed by atoms with E-state index < -0.39 is 5.82 Å².